The Morgan fingerprint density at radius 2 is 2.06 bits per heavy atom. The van der Waals surface area contributed by atoms with Crippen molar-refractivity contribution in [2.45, 2.75) is 38.1 Å². The molecule has 3 rings (SSSR count). The lowest BCUT2D eigenvalue weighted by molar-refractivity contribution is 0.0241. The fourth-order valence-electron chi connectivity index (χ4n) is 2.32. The van der Waals surface area contributed by atoms with Crippen LogP contribution in [0, 0.1) is 11.3 Å². The largest absolute Gasteiger partial charge is 0.484 e. The quantitative estimate of drug-likeness (QED) is 0.625. The molecule has 0 amide bonds. The Hall–Kier alpha value is -1.53. The van der Waals surface area contributed by atoms with Gasteiger partial charge >= 0.3 is 0 Å². The van der Waals surface area contributed by atoms with E-state index in [-0.39, 0.29) is 17.3 Å². The number of benzene rings is 1. The van der Waals surface area contributed by atoms with Gasteiger partial charge in [-0.2, -0.15) is 5.26 Å². The van der Waals surface area contributed by atoms with Gasteiger partial charge in [0, 0.05) is 5.56 Å². The van der Waals surface area contributed by atoms with E-state index in [0.29, 0.717) is 5.56 Å². The van der Waals surface area contributed by atoms with Gasteiger partial charge in [-0.05, 0) is 39.0 Å². The maximum absolute atomic E-state index is 8.87. The van der Waals surface area contributed by atoms with E-state index in [0.717, 1.165) is 11.3 Å². The molecule has 2 aliphatic rings. The Morgan fingerprint density at radius 1 is 1.31 bits per heavy atom. The lowest BCUT2D eigenvalue weighted by Gasteiger charge is -2.35. The number of rotatable bonds is 0. The Kier molecular flexibility index (Phi) is 1.56. The van der Waals surface area contributed by atoms with Crippen LogP contribution in [0.5, 0.6) is 5.75 Å². The summed E-state index contributed by atoms with van der Waals surface area (Å²) in [6.07, 6.45) is 0.0690. The van der Waals surface area contributed by atoms with Gasteiger partial charge in [0.1, 0.15) is 23.1 Å². The predicted octanol–water partition coefficient (Wildman–Crippen LogP) is 2.56. The van der Waals surface area contributed by atoms with E-state index in [2.05, 4.69) is 13.0 Å². The van der Waals surface area contributed by atoms with Crippen molar-refractivity contribution in [3.05, 3.63) is 29.3 Å². The van der Waals surface area contributed by atoms with Crippen molar-refractivity contribution in [2.75, 3.05) is 0 Å². The van der Waals surface area contributed by atoms with Crippen molar-refractivity contribution in [3.8, 4) is 11.8 Å². The van der Waals surface area contributed by atoms with E-state index in [1.807, 2.05) is 26.0 Å². The zero-order chi connectivity index (χ0) is 11.6. The summed E-state index contributed by atoms with van der Waals surface area (Å²) < 4.78 is 11.7. The molecule has 1 aromatic carbocycles. The third-order valence-corrected chi connectivity index (χ3v) is 3.79. The summed E-state index contributed by atoms with van der Waals surface area (Å²) in [5.74, 6) is 0.837. The molecule has 2 heterocycles. The first-order valence-corrected chi connectivity index (χ1v) is 5.39. The molecule has 16 heavy (non-hydrogen) atoms. The topological polar surface area (TPSA) is 45.5 Å². The highest BCUT2D eigenvalue weighted by molar-refractivity contribution is 5.49. The standard InChI is InChI=1S/C13H13NO2/c1-12(2)13(3)11(16-13)9-6-8(7-14)4-5-10(9)15-12/h4-6,11H,1-3H3. The van der Waals surface area contributed by atoms with Crippen LogP contribution in [0.15, 0.2) is 18.2 Å². The highest BCUT2D eigenvalue weighted by Gasteiger charge is 2.67. The summed E-state index contributed by atoms with van der Waals surface area (Å²) >= 11 is 0. The Labute approximate surface area is 94.6 Å². The van der Waals surface area contributed by atoms with Crippen molar-refractivity contribution in [3.63, 3.8) is 0 Å². The van der Waals surface area contributed by atoms with Crippen LogP contribution in [0.2, 0.25) is 0 Å². The van der Waals surface area contributed by atoms with Crippen molar-refractivity contribution >= 4 is 0 Å². The Morgan fingerprint density at radius 3 is 2.75 bits per heavy atom. The van der Waals surface area contributed by atoms with Crippen LogP contribution in [0.1, 0.15) is 38.0 Å². The summed E-state index contributed by atoms with van der Waals surface area (Å²) in [5.41, 5.74) is 1.08. The zero-order valence-electron chi connectivity index (χ0n) is 9.57. The van der Waals surface area contributed by atoms with Crippen molar-refractivity contribution < 1.29 is 9.47 Å². The van der Waals surface area contributed by atoms with E-state index in [9.17, 15) is 0 Å². The molecule has 0 radical (unpaired) electrons. The fourth-order valence-corrected chi connectivity index (χ4v) is 2.32. The molecule has 0 spiro atoms. The molecule has 0 bridgehead atoms. The number of ether oxygens (including phenoxy) is 2. The molecule has 82 valence electrons. The first-order chi connectivity index (χ1) is 7.48. The van der Waals surface area contributed by atoms with Gasteiger partial charge < -0.3 is 9.47 Å². The highest BCUT2D eigenvalue weighted by Crippen LogP contribution is 2.61. The van der Waals surface area contributed by atoms with Crippen LogP contribution < -0.4 is 4.74 Å². The second kappa shape index (κ2) is 2.58. The summed E-state index contributed by atoms with van der Waals surface area (Å²) in [4.78, 5) is 0. The normalized spacial score (nSPS) is 33.0. The highest BCUT2D eigenvalue weighted by atomic mass is 16.7. The minimum Gasteiger partial charge on any atom is -0.484 e. The minimum atomic E-state index is -0.321. The monoisotopic (exact) mass is 215 g/mol. The van der Waals surface area contributed by atoms with E-state index in [1.54, 1.807) is 6.07 Å². The van der Waals surface area contributed by atoms with Crippen molar-refractivity contribution in [2.24, 2.45) is 0 Å². The Balaban J connectivity index is 2.14. The number of epoxide rings is 1. The zero-order valence-corrected chi connectivity index (χ0v) is 9.57. The number of hydrogen-bond donors (Lipinski definition) is 0. The smallest absolute Gasteiger partial charge is 0.136 e. The molecular formula is C13H13NO2. The first-order valence-electron chi connectivity index (χ1n) is 5.39. The molecule has 1 aromatic rings. The van der Waals surface area contributed by atoms with Crippen LogP contribution in [0.4, 0.5) is 0 Å². The van der Waals surface area contributed by atoms with Crippen LogP contribution in [-0.2, 0) is 4.74 Å². The molecule has 3 nitrogen and oxygen atoms in total. The van der Waals surface area contributed by atoms with Crippen LogP contribution >= 0.6 is 0 Å². The summed E-state index contributed by atoms with van der Waals surface area (Å²) in [5, 5.41) is 8.87. The number of nitriles is 1. The molecule has 2 aliphatic heterocycles. The van der Waals surface area contributed by atoms with E-state index >= 15 is 0 Å². The lowest BCUT2D eigenvalue weighted by atomic mass is 9.83. The van der Waals surface area contributed by atoms with Gasteiger partial charge in [0.25, 0.3) is 0 Å². The van der Waals surface area contributed by atoms with E-state index < -0.39 is 0 Å². The van der Waals surface area contributed by atoms with E-state index in [1.165, 1.54) is 0 Å². The van der Waals surface area contributed by atoms with Crippen LogP contribution in [0.3, 0.4) is 0 Å². The van der Waals surface area contributed by atoms with Gasteiger partial charge in [-0.3, -0.25) is 0 Å². The maximum atomic E-state index is 8.87. The molecule has 0 N–H and O–H groups in total. The minimum absolute atomic E-state index is 0.0690. The third kappa shape index (κ3) is 1.00. The molecule has 2 unspecified atom stereocenters. The molecule has 0 aromatic heterocycles. The number of nitrogens with zero attached hydrogens (tertiary/aromatic N) is 1. The average molecular weight is 215 g/mol. The lowest BCUT2D eigenvalue weighted by Crippen LogP contribution is -2.45. The van der Waals surface area contributed by atoms with Crippen molar-refractivity contribution in [1.82, 2.24) is 0 Å². The molecule has 0 aliphatic carbocycles. The SMILES string of the molecule is CC1(C)Oc2ccc(C#N)cc2C2OC21C. The fraction of sp³-hybridized carbons (Fsp3) is 0.462. The van der Waals surface area contributed by atoms with Crippen molar-refractivity contribution in [1.29, 1.82) is 5.26 Å². The van der Waals surface area contributed by atoms with Gasteiger partial charge in [-0.1, -0.05) is 0 Å². The predicted molar refractivity (Wildman–Crippen MR) is 58.1 cm³/mol. The second-order valence-electron chi connectivity index (χ2n) is 5.08. The number of hydrogen-bond acceptors (Lipinski definition) is 3. The molecule has 2 atom stereocenters. The summed E-state index contributed by atoms with van der Waals surface area (Å²) in [7, 11) is 0. The summed E-state index contributed by atoms with van der Waals surface area (Å²) in [6, 6.07) is 7.64. The molecule has 1 saturated heterocycles. The van der Waals surface area contributed by atoms with Gasteiger partial charge in [0.15, 0.2) is 0 Å². The Bertz CT molecular complexity index is 515. The maximum Gasteiger partial charge on any atom is 0.136 e. The van der Waals surface area contributed by atoms with Gasteiger partial charge in [-0.25, -0.2) is 0 Å². The molecular weight excluding hydrogens is 202 g/mol. The average Bonchev–Trinajstić information content (AvgIpc) is 2.92. The van der Waals surface area contributed by atoms with Gasteiger partial charge in [0.2, 0.25) is 0 Å². The molecule has 1 fully saturated rings. The van der Waals surface area contributed by atoms with E-state index in [4.69, 9.17) is 14.7 Å². The van der Waals surface area contributed by atoms with Crippen LogP contribution in [0.25, 0.3) is 0 Å². The first kappa shape index (κ1) is 9.68. The van der Waals surface area contributed by atoms with Crippen LogP contribution in [-0.4, -0.2) is 11.2 Å². The third-order valence-electron chi connectivity index (χ3n) is 3.79. The number of fused-ring (bicyclic) bond motifs is 3. The molecule has 0 saturated carbocycles. The van der Waals surface area contributed by atoms with Gasteiger partial charge in [-0.15, -0.1) is 0 Å². The second-order valence-corrected chi connectivity index (χ2v) is 5.08. The summed E-state index contributed by atoms with van der Waals surface area (Å²) in [6.45, 7) is 6.13. The van der Waals surface area contributed by atoms with Gasteiger partial charge in [0.05, 0.1) is 11.6 Å². The molecule has 3 heteroatoms.